The summed E-state index contributed by atoms with van der Waals surface area (Å²) in [4.78, 5) is 1.52. The molecule has 1 aromatic heterocycles. The number of aryl methyl sites for hydroxylation is 1. The van der Waals surface area contributed by atoms with Gasteiger partial charge in [0.1, 0.15) is 0 Å². The van der Waals surface area contributed by atoms with Gasteiger partial charge in [0.05, 0.1) is 4.83 Å². The van der Waals surface area contributed by atoms with Crippen LogP contribution in [0.3, 0.4) is 0 Å². The lowest BCUT2D eigenvalue weighted by atomic mass is 10.1. The molecule has 0 bridgehead atoms. The van der Waals surface area contributed by atoms with Gasteiger partial charge in [0, 0.05) is 18.5 Å². The number of fused-ring (bicyclic) bond motifs is 1. The smallest absolute Gasteiger partial charge is 0.0749 e. The first kappa shape index (κ1) is 14.8. The molecule has 0 fully saturated rings. The van der Waals surface area contributed by atoms with E-state index < -0.39 is 0 Å². The minimum absolute atomic E-state index is 0.200. The van der Waals surface area contributed by atoms with E-state index in [2.05, 4.69) is 97.2 Å². The first-order valence-electron chi connectivity index (χ1n) is 6.14. The molecule has 1 atom stereocenters. The van der Waals surface area contributed by atoms with E-state index in [1.54, 1.807) is 0 Å². The van der Waals surface area contributed by atoms with E-state index in [1.165, 1.54) is 26.1 Å². The van der Waals surface area contributed by atoms with Gasteiger partial charge in [-0.25, -0.2) is 0 Å². The van der Waals surface area contributed by atoms with Crippen LogP contribution in [0.5, 0.6) is 0 Å². The highest BCUT2D eigenvalue weighted by Crippen LogP contribution is 2.42. The first-order valence-corrected chi connectivity index (χ1v) is 9.46. The summed E-state index contributed by atoms with van der Waals surface area (Å²) in [7, 11) is 0. The largest absolute Gasteiger partial charge is 0.139 e. The van der Waals surface area contributed by atoms with Crippen LogP contribution in [0.15, 0.2) is 51.4 Å². The maximum atomic E-state index is 3.84. The predicted molar refractivity (Wildman–Crippen MR) is 99.2 cm³/mol. The fourth-order valence-electron chi connectivity index (χ4n) is 2.14. The molecule has 20 heavy (non-hydrogen) atoms. The lowest BCUT2D eigenvalue weighted by molar-refractivity contribution is 1.19. The summed E-state index contributed by atoms with van der Waals surface area (Å²) >= 11 is 13.0. The number of thiophene rings is 1. The topological polar surface area (TPSA) is 0 Å². The Morgan fingerprint density at radius 2 is 1.75 bits per heavy atom. The van der Waals surface area contributed by atoms with Crippen LogP contribution in [0.1, 0.15) is 20.8 Å². The van der Waals surface area contributed by atoms with Crippen molar-refractivity contribution in [3.8, 4) is 0 Å². The van der Waals surface area contributed by atoms with Gasteiger partial charge in [-0.2, -0.15) is 0 Å². The van der Waals surface area contributed by atoms with E-state index in [-0.39, 0.29) is 4.83 Å². The van der Waals surface area contributed by atoms with Crippen LogP contribution in [-0.4, -0.2) is 0 Å². The van der Waals surface area contributed by atoms with Gasteiger partial charge in [0.25, 0.3) is 0 Å². The van der Waals surface area contributed by atoms with Gasteiger partial charge in [0.2, 0.25) is 0 Å². The quantitative estimate of drug-likeness (QED) is 0.344. The molecule has 0 aliphatic heterocycles. The predicted octanol–water partition coefficient (Wildman–Crippen LogP) is 7.22. The van der Waals surface area contributed by atoms with E-state index >= 15 is 0 Å². The molecule has 0 saturated heterocycles. The third-order valence-electron chi connectivity index (χ3n) is 3.25. The average molecular weight is 475 g/mol. The second-order valence-electron chi connectivity index (χ2n) is 4.67. The highest BCUT2D eigenvalue weighted by Gasteiger charge is 2.17. The van der Waals surface area contributed by atoms with Crippen molar-refractivity contribution in [2.75, 3.05) is 0 Å². The van der Waals surface area contributed by atoms with Crippen LogP contribution in [0.25, 0.3) is 10.1 Å². The molecule has 4 heteroatoms. The van der Waals surface area contributed by atoms with Gasteiger partial charge in [0.15, 0.2) is 0 Å². The van der Waals surface area contributed by atoms with E-state index in [9.17, 15) is 0 Å². The third kappa shape index (κ3) is 2.76. The Balaban J connectivity index is 2.07. The van der Waals surface area contributed by atoms with E-state index in [4.69, 9.17) is 0 Å². The third-order valence-corrected chi connectivity index (χ3v) is 7.26. The van der Waals surface area contributed by atoms with Gasteiger partial charge in [-0.05, 0) is 47.7 Å². The van der Waals surface area contributed by atoms with E-state index in [0.29, 0.717) is 0 Å². The number of hydrogen-bond acceptors (Lipinski definition) is 1. The van der Waals surface area contributed by atoms with Crippen LogP contribution in [0.2, 0.25) is 0 Å². The molecule has 3 aromatic rings. The van der Waals surface area contributed by atoms with Crippen LogP contribution >= 0.6 is 59.1 Å². The molecule has 2 aromatic carbocycles. The second kappa shape index (κ2) is 5.91. The second-order valence-corrected chi connectivity index (χ2v) is 8.41. The van der Waals surface area contributed by atoms with Crippen LogP contribution < -0.4 is 0 Å². The molecular weight excluding hydrogens is 464 g/mol. The highest BCUT2D eigenvalue weighted by atomic mass is 79.9. The Labute approximate surface area is 147 Å². The zero-order valence-corrected chi connectivity index (χ0v) is 16.2. The number of hydrogen-bond donors (Lipinski definition) is 0. The molecule has 0 aliphatic rings. The molecule has 102 valence electrons. The molecule has 0 nitrogen and oxygen atoms in total. The van der Waals surface area contributed by atoms with Gasteiger partial charge in [-0.15, -0.1) is 11.3 Å². The molecule has 0 N–H and O–H groups in total. The molecule has 0 saturated carbocycles. The summed E-state index contributed by atoms with van der Waals surface area (Å²) in [6.45, 7) is 2.10. The maximum absolute atomic E-state index is 3.84. The zero-order valence-electron chi connectivity index (χ0n) is 10.7. The monoisotopic (exact) mass is 472 g/mol. The average Bonchev–Trinajstić information content (AvgIpc) is 2.86. The van der Waals surface area contributed by atoms with Gasteiger partial charge in [-0.3, -0.25) is 0 Å². The minimum Gasteiger partial charge on any atom is -0.139 e. The minimum atomic E-state index is 0.200. The number of benzene rings is 2. The van der Waals surface area contributed by atoms with Crippen molar-refractivity contribution in [2.45, 2.75) is 11.8 Å². The molecule has 3 rings (SSSR count). The van der Waals surface area contributed by atoms with Crippen LogP contribution in [0.4, 0.5) is 0 Å². The number of halogens is 3. The highest BCUT2D eigenvalue weighted by molar-refractivity contribution is 9.11. The lowest BCUT2D eigenvalue weighted by Crippen LogP contribution is -1.93. The summed E-state index contributed by atoms with van der Waals surface area (Å²) in [6.07, 6.45) is 0. The summed E-state index contributed by atoms with van der Waals surface area (Å²) in [6, 6.07) is 15.1. The Bertz CT molecular complexity index is 743. The van der Waals surface area contributed by atoms with Crippen molar-refractivity contribution in [1.29, 1.82) is 0 Å². The molecule has 0 aliphatic carbocycles. The van der Waals surface area contributed by atoms with Crippen molar-refractivity contribution in [2.24, 2.45) is 0 Å². The van der Waals surface area contributed by atoms with E-state index in [0.717, 1.165) is 8.95 Å². The van der Waals surface area contributed by atoms with Crippen LogP contribution in [0, 0.1) is 6.92 Å². The Morgan fingerprint density at radius 3 is 2.50 bits per heavy atom. The summed E-state index contributed by atoms with van der Waals surface area (Å²) in [5, 5.41) is 1.30. The van der Waals surface area contributed by atoms with Crippen molar-refractivity contribution in [1.82, 2.24) is 0 Å². The maximum Gasteiger partial charge on any atom is 0.0749 e. The SMILES string of the molecule is Cc1cc(Br)c(C(Br)c2cc3ccccc3s2)cc1Br. The van der Waals surface area contributed by atoms with E-state index in [1.807, 2.05) is 11.3 Å². The van der Waals surface area contributed by atoms with Gasteiger partial charge in [-0.1, -0.05) is 66.0 Å². The van der Waals surface area contributed by atoms with Crippen molar-refractivity contribution in [3.63, 3.8) is 0 Å². The number of rotatable bonds is 2. The normalized spacial score (nSPS) is 12.8. The number of alkyl halides is 1. The van der Waals surface area contributed by atoms with Crippen molar-refractivity contribution >= 4 is 69.2 Å². The fraction of sp³-hybridized carbons (Fsp3) is 0.125. The Kier molecular flexibility index (Phi) is 4.37. The van der Waals surface area contributed by atoms with Gasteiger partial charge < -0.3 is 0 Å². The summed E-state index contributed by atoms with van der Waals surface area (Å²) in [5.74, 6) is 0. The van der Waals surface area contributed by atoms with Gasteiger partial charge >= 0.3 is 0 Å². The first-order chi connectivity index (χ1) is 9.56. The zero-order chi connectivity index (χ0) is 14.3. The molecular formula is C16H11Br3S. The molecule has 1 unspecified atom stereocenters. The Morgan fingerprint density at radius 1 is 1.00 bits per heavy atom. The molecule has 0 radical (unpaired) electrons. The molecule has 0 amide bonds. The Hall–Kier alpha value is -0.160. The van der Waals surface area contributed by atoms with Crippen molar-refractivity contribution in [3.05, 3.63) is 67.4 Å². The molecule has 0 spiro atoms. The molecule has 1 heterocycles. The fourth-order valence-corrected chi connectivity index (χ4v) is 5.34. The summed E-state index contributed by atoms with van der Waals surface area (Å²) in [5.41, 5.74) is 2.48. The standard InChI is InChI=1S/C16H11Br3S/c1-9-6-13(18)11(8-12(9)17)16(19)15-7-10-4-2-3-5-14(10)20-15/h2-8,16H,1H3. The van der Waals surface area contributed by atoms with Crippen molar-refractivity contribution < 1.29 is 0 Å². The summed E-state index contributed by atoms with van der Waals surface area (Å²) < 4.78 is 3.60. The van der Waals surface area contributed by atoms with Crippen LogP contribution in [-0.2, 0) is 0 Å². The lowest BCUT2D eigenvalue weighted by Gasteiger charge is -2.12.